The molecule has 34 heavy (non-hydrogen) atoms. The van der Waals surface area contributed by atoms with Gasteiger partial charge >= 0.3 is 0 Å². The predicted octanol–water partition coefficient (Wildman–Crippen LogP) is 6.61. The zero-order chi connectivity index (χ0) is 24.8. The summed E-state index contributed by atoms with van der Waals surface area (Å²) in [4.78, 5) is 27.1. The van der Waals surface area contributed by atoms with E-state index >= 15 is 0 Å². The van der Waals surface area contributed by atoms with Crippen LogP contribution in [0, 0.1) is 10.8 Å². The SMILES string of the molecule is CCCOc1c(Br)cc(C2C3=C(CC(C)(C)CC3=O)NC3=C2C(=O)CC(C)(C)C3)cc1OCC. The summed E-state index contributed by atoms with van der Waals surface area (Å²) < 4.78 is 12.7. The van der Waals surface area contributed by atoms with Gasteiger partial charge in [0.1, 0.15) is 0 Å². The van der Waals surface area contributed by atoms with Gasteiger partial charge < -0.3 is 14.8 Å². The van der Waals surface area contributed by atoms with Gasteiger partial charge in [0.25, 0.3) is 0 Å². The Bertz CT molecular complexity index is 1040. The Morgan fingerprint density at radius 3 is 1.97 bits per heavy atom. The lowest BCUT2D eigenvalue weighted by molar-refractivity contribution is -0.119. The summed E-state index contributed by atoms with van der Waals surface area (Å²) >= 11 is 3.68. The second-order valence-corrected chi connectivity index (χ2v) is 12.2. The molecule has 5 nitrogen and oxygen atoms in total. The molecule has 0 saturated heterocycles. The van der Waals surface area contributed by atoms with Crippen LogP contribution in [0.1, 0.15) is 85.1 Å². The molecule has 0 bridgehead atoms. The summed E-state index contributed by atoms with van der Waals surface area (Å²) in [6, 6.07) is 3.96. The molecule has 0 aromatic heterocycles. The maximum Gasteiger partial charge on any atom is 0.175 e. The predicted molar refractivity (Wildman–Crippen MR) is 137 cm³/mol. The first kappa shape index (κ1) is 25.0. The number of carbonyl (C=O) groups excluding carboxylic acids is 2. The minimum atomic E-state index is -0.394. The Kier molecular flexibility index (Phi) is 6.75. The summed E-state index contributed by atoms with van der Waals surface area (Å²) in [5.41, 5.74) is 4.07. The van der Waals surface area contributed by atoms with Gasteiger partial charge in [-0.2, -0.15) is 0 Å². The van der Waals surface area contributed by atoms with Crippen molar-refractivity contribution in [3.8, 4) is 11.5 Å². The standard InChI is InChI=1S/C28H36BrNO4/c1-7-9-34-26-17(29)10-16(11-22(26)33-8-2)23-24-18(12-27(3,4)14-20(24)31)30-19-13-28(5,6)15-21(32)25(19)23/h10-11,23,30H,7-9,12-15H2,1-6H3. The molecule has 6 heteroatoms. The van der Waals surface area contributed by atoms with Crippen molar-refractivity contribution in [3.63, 3.8) is 0 Å². The number of halogens is 1. The summed E-state index contributed by atoms with van der Waals surface area (Å²) in [6.07, 6.45) is 3.41. The Balaban J connectivity index is 1.91. The van der Waals surface area contributed by atoms with Gasteiger partial charge in [-0.25, -0.2) is 0 Å². The Labute approximate surface area is 211 Å². The number of hydrogen-bond donors (Lipinski definition) is 1. The molecule has 1 heterocycles. The molecule has 0 spiro atoms. The van der Waals surface area contributed by atoms with Crippen LogP contribution < -0.4 is 14.8 Å². The molecule has 3 aliphatic rings. The Morgan fingerprint density at radius 1 is 0.912 bits per heavy atom. The topological polar surface area (TPSA) is 64.6 Å². The molecular formula is C28H36BrNO4. The highest BCUT2D eigenvalue weighted by Gasteiger charge is 2.46. The van der Waals surface area contributed by atoms with Gasteiger partial charge in [-0.05, 0) is 70.6 Å². The van der Waals surface area contributed by atoms with E-state index in [4.69, 9.17) is 9.47 Å². The number of Topliss-reactive ketones (excluding diaryl/α,β-unsaturated/α-hetero) is 2. The minimum Gasteiger partial charge on any atom is -0.490 e. The fourth-order valence-corrected chi connectivity index (χ4v) is 6.16. The van der Waals surface area contributed by atoms with Gasteiger partial charge in [-0.15, -0.1) is 0 Å². The lowest BCUT2D eigenvalue weighted by Crippen LogP contribution is -2.42. The van der Waals surface area contributed by atoms with Crippen LogP contribution in [-0.4, -0.2) is 24.8 Å². The summed E-state index contributed by atoms with van der Waals surface area (Å²) in [7, 11) is 0. The molecule has 2 aliphatic carbocycles. The number of benzene rings is 1. The summed E-state index contributed by atoms with van der Waals surface area (Å²) in [6.45, 7) is 13.6. The van der Waals surface area contributed by atoms with Crippen molar-refractivity contribution in [3.05, 3.63) is 44.7 Å². The van der Waals surface area contributed by atoms with E-state index in [9.17, 15) is 9.59 Å². The first-order valence-corrected chi connectivity index (χ1v) is 13.1. The van der Waals surface area contributed by atoms with Crippen molar-refractivity contribution in [2.45, 2.75) is 79.6 Å². The van der Waals surface area contributed by atoms with E-state index in [1.165, 1.54) is 0 Å². The number of allylic oxidation sites excluding steroid dienone is 4. The molecule has 1 aliphatic heterocycles. The Hall–Kier alpha value is -2.08. The lowest BCUT2D eigenvalue weighted by atomic mass is 9.64. The highest BCUT2D eigenvalue weighted by Crippen LogP contribution is 2.52. The van der Waals surface area contributed by atoms with Crippen molar-refractivity contribution in [1.29, 1.82) is 0 Å². The number of ketones is 2. The second-order valence-electron chi connectivity index (χ2n) is 11.3. The van der Waals surface area contributed by atoms with Crippen LogP contribution in [0.2, 0.25) is 0 Å². The lowest BCUT2D eigenvalue weighted by Gasteiger charge is -2.44. The van der Waals surface area contributed by atoms with E-state index in [2.05, 4.69) is 55.9 Å². The summed E-state index contributed by atoms with van der Waals surface area (Å²) in [5.74, 6) is 1.14. The number of carbonyl (C=O) groups is 2. The van der Waals surface area contributed by atoms with E-state index in [1.54, 1.807) is 0 Å². The molecule has 1 N–H and O–H groups in total. The fourth-order valence-electron chi connectivity index (χ4n) is 5.58. The second kappa shape index (κ2) is 9.18. The van der Waals surface area contributed by atoms with E-state index in [0.717, 1.165) is 51.8 Å². The minimum absolute atomic E-state index is 0.116. The third-order valence-electron chi connectivity index (χ3n) is 6.83. The first-order valence-electron chi connectivity index (χ1n) is 12.3. The van der Waals surface area contributed by atoms with Crippen molar-refractivity contribution in [1.82, 2.24) is 5.32 Å². The molecule has 1 aromatic carbocycles. The average molecular weight is 531 g/mol. The molecule has 0 amide bonds. The molecule has 184 valence electrons. The monoisotopic (exact) mass is 529 g/mol. The van der Waals surface area contributed by atoms with Crippen LogP contribution in [0.3, 0.4) is 0 Å². The number of hydrogen-bond acceptors (Lipinski definition) is 5. The first-order chi connectivity index (χ1) is 16.0. The van der Waals surface area contributed by atoms with Crippen LogP contribution in [0.5, 0.6) is 11.5 Å². The highest BCUT2D eigenvalue weighted by molar-refractivity contribution is 9.10. The third-order valence-corrected chi connectivity index (χ3v) is 7.42. The van der Waals surface area contributed by atoms with Crippen LogP contribution in [0.15, 0.2) is 39.1 Å². The normalized spacial score (nSPS) is 21.7. The maximum absolute atomic E-state index is 13.5. The van der Waals surface area contributed by atoms with Crippen molar-refractivity contribution in [2.75, 3.05) is 13.2 Å². The van der Waals surface area contributed by atoms with E-state index < -0.39 is 5.92 Å². The highest BCUT2D eigenvalue weighted by atomic mass is 79.9. The summed E-state index contributed by atoms with van der Waals surface area (Å²) in [5, 5.41) is 3.57. The third kappa shape index (κ3) is 4.71. The molecule has 4 rings (SSSR count). The van der Waals surface area contributed by atoms with Crippen LogP contribution in [-0.2, 0) is 9.59 Å². The van der Waals surface area contributed by atoms with Crippen molar-refractivity contribution < 1.29 is 19.1 Å². The molecule has 0 saturated carbocycles. The van der Waals surface area contributed by atoms with E-state index in [-0.39, 0.29) is 22.4 Å². The zero-order valence-corrected chi connectivity index (χ0v) is 22.8. The van der Waals surface area contributed by atoms with Gasteiger partial charge in [-0.1, -0.05) is 34.6 Å². The number of nitrogens with one attached hydrogen (secondary N) is 1. The molecule has 0 fully saturated rings. The van der Waals surface area contributed by atoms with Crippen LogP contribution >= 0.6 is 15.9 Å². The van der Waals surface area contributed by atoms with Crippen molar-refractivity contribution >= 4 is 27.5 Å². The average Bonchev–Trinajstić information content (AvgIpc) is 2.70. The Morgan fingerprint density at radius 2 is 1.47 bits per heavy atom. The van der Waals surface area contributed by atoms with Gasteiger partial charge in [0, 0.05) is 41.3 Å². The van der Waals surface area contributed by atoms with E-state index in [1.807, 2.05) is 19.1 Å². The maximum atomic E-state index is 13.5. The molecular weight excluding hydrogens is 494 g/mol. The van der Waals surface area contributed by atoms with Gasteiger partial charge in [0.2, 0.25) is 0 Å². The van der Waals surface area contributed by atoms with Crippen molar-refractivity contribution in [2.24, 2.45) is 10.8 Å². The van der Waals surface area contributed by atoms with Crippen LogP contribution in [0.25, 0.3) is 0 Å². The van der Waals surface area contributed by atoms with Gasteiger partial charge in [0.05, 0.1) is 17.7 Å². The molecule has 0 unspecified atom stereocenters. The molecule has 1 aromatic rings. The fraction of sp³-hybridized carbons (Fsp3) is 0.571. The number of dihydropyridines is 1. The van der Waals surface area contributed by atoms with E-state index in [0.29, 0.717) is 37.6 Å². The largest absolute Gasteiger partial charge is 0.490 e. The van der Waals surface area contributed by atoms with Crippen LogP contribution in [0.4, 0.5) is 0 Å². The number of ether oxygens (including phenoxy) is 2. The quantitative estimate of drug-likeness (QED) is 0.449. The smallest absolute Gasteiger partial charge is 0.175 e. The van der Waals surface area contributed by atoms with Gasteiger partial charge in [0.15, 0.2) is 23.1 Å². The number of rotatable bonds is 6. The molecule has 0 radical (unpaired) electrons. The zero-order valence-electron chi connectivity index (χ0n) is 21.2. The molecule has 0 atom stereocenters. The van der Waals surface area contributed by atoms with Gasteiger partial charge in [-0.3, -0.25) is 9.59 Å².